The topological polar surface area (TPSA) is 124 Å². The molecule has 0 aliphatic rings. The first kappa shape index (κ1) is 13.7. The SMILES string of the molecule is Cc1nnc(SCCNC(=O)Cn2nnnc2N)s1. The Bertz CT molecular complexity index is 552. The molecule has 0 saturated carbocycles. The molecule has 0 saturated heterocycles. The molecular formula is C8H12N8OS2. The maximum atomic E-state index is 11.6. The van der Waals surface area contributed by atoms with Crippen LogP contribution in [0.3, 0.4) is 0 Å². The molecule has 9 nitrogen and oxygen atoms in total. The zero-order valence-corrected chi connectivity index (χ0v) is 11.7. The molecular weight excluding hydrogens is 288 g/mol. The fourth-order valence-corrected chi connectivity index (χ4v) is 2.92. The minimum Gasteiger partial charge on any atom is -0.367 e. The molecule has 0 aliphatic heterocycles. The van der Waals surface area contributed by atoms with Gasteiger partial charge in [0.2, 0.25) is 11.9 Å². The summed E-state index contributed by atoms with van der Waals surface area (Å²) in [5.41, 5.74) is 5.45. The number of anilines is 1. The van der Waals surface area contributed by atoms with E-state index in [1.54, 1.807) is 11.8 Å². The number of nitrogens with two attached hydrogens (primary N) is 1. The van der Waals surface area contributed by atoms with Crippen LogP contribution in [0, 0.1) is 6.92 Å². The van der Waals surface area contributed by atoms with E-state index in [0.717, 1.165) is 15.1 Å². The minimum absolute atomic E-state index is 0.0153. The third-order valence-corrected chi connectivity index (χ3v) is 3.98. The fourth-order valence-electron chi connectivity index (χ4n) is 1.18. The van der Waals surface area contributed by atoms with Gasteiger partial charge in [0, 0.05) is 12.3 Å². The maximum absolute atomic E-state index is 11.6. The van der Waals surface area contributed by atoms with Crippen LogP contribution in [0.25, 0.3) is 0 Å². The highest BCUT2D eigenvalue weighted by atomic mass is 32.2. The van der Waals surface area contributed by atoms with E-state index in [1.165, 1.54) is 16.0 Å². The first-order valence-corrected chi connectivity index (χ1v) is 7.16. The van der Waals surface area contributed by atoms with E-state index in [2.05, 4.69) is 31.0 Å². The van der Waals surface area contributed by atoms with E-state index in [4.69, 9.17) is 5.73 Å². The van der Waals surface area contributed by atoms with Crippen LogP contribution in [0.5, 0.6) is 0 Å². The quantitative estimate of drug-likeness (QED) is 0.531. The average molecular weight is 300 g/mol. The normalized spacial score (nSPS) is 10.6. The number of nitrogens with one attached hydrogen (secondary N) is 1. The van der Waals surface area contributed by atoms with E-state index in [9.17, 15) is 4.79 Å². The van der Waals surface area contributed by atoms with Crippen molar-refractivity contribution < 1.29 is 4.79 Å². The number of aryl methyl sites for hydroxylation is 1. The van der Waals surface area contributed by atoms with Crippen molar-refractivity contribution in [1.82, 2.24) is 35.7 Å². The molecule has 11 heteroatoms. The Labute approximate surface area is 117 Å². The molecule has 102 valence electrons. The van der Waals surface area contributed by atoms with Gasteiger partial charge in [-0.25, -0.2) is 4.68 Å². The molecule has 2 aromatic rings. The van der Waals surface area contributed by atoms with Crippen LogP contribution in [-0.2, 0) is 11.3 Å². The Morgan fingerprint density at radius 1 is 1.47 bits per heavy atom. The summed E-state index contributed by atoms with van der Waals surface area (Å²) >= 11 is 3.09. The maximum Gasteiger partial charge on any atom is 0.241 e. The van der Waals surface area contributed by atoms with Crippen molar-refractivity contribution in [2.24, 2.45) is 0 Å². The van der Waals surface area contributed by atoms with Gasteiger partial charge in [0.15, 0.2) is 4.34 Å². The number of carbonyl (C=O) groups excluding carboxylic acids is 1. The van der Waals surface area contributed by atoms with Crippen LogP contribution in [-0.4, -0.2) is 48.6 Å². The largest absolute Gasteiger partial charge is 0.367 e. The second-order valence-electron chi connectivity index (χ2n) is 3.48. The molecule has 3 N–H and O–H groups in total. The number of nitrogen functional groups attached to an aromatic ring is 1. The van der Waals surface area contributed by atoms with E-state index >= 15 is 0 Å². The summed E-state index contributed by atoms with van der Waals surface area (Å²) in [6.07, 6.45) is 0. The highest BCUT2D eigenvalue weighted by molar-refractivity contribution is 8.01. The Morgan fingerprint density at radius 3 is 2.95 bits per heavy atom. The van der Waals surface area contributed by atoms with Crippen molar-refractivity contribution >= 4 is 35.0 Å². The van der Waals surface area contributed by atoms with Crippen LogP contribution in [0.2, 0.25) is 0 Å². The van der Waals surface area contributed by atoms with Crippen LogP contribution in [0.15, 0.2) is 4.34 Å². The molecule has 2 heterocycles. The van der Waals surface area contributed by atoms with Gasteiger partial charge < -0.3 is 11.1 Å². The van der Waals surface area contributed by atoms with Crippen molar-refractivity contribution in [3.63, 3.8) is 0 Å². The summed E-state index contributed by atoms with van der Waals surface area (Å²) in [4.78, 5) is 11.6. The van der Waals surface area contributed by atoms with E-state index < -0.39 is 0 Å². The summed E-state index contributed by atoms with van der Waals surface area (Å²) in [5.74, 6) is 0.660. The molecule has 1 amide bonds. The van der Waals surface area contributed by atoms with Gasteiger partial charge in [0.1, 0.15) is 11.6 Å². The summed E-state index contributed by atoms with van der Waals surface area (Å²) in [6.45, 7) is 2.45. The number of thioether (sulfide) groups is 1. The molecule has 2 rings (SSSR count). The van der Waals surface area contributed by atoms with Crippen LogP contribution >= 0.6 is 23.1 Å². The Balaban J connectivity index is 1.66. The number of amides is 1. The first-order valence-electron chi connectivity index (χ1n) is 5.36. The number of hydrogen-bond donors (Lipinski definition) is 2. The number of carbonyl (C=O) groups is 1. The van der Waals surface area contributed by atoms with Crippen LogP contribution in [0.1, 0.15) is 5.01 Å². The molecule has 0 unspecified atom stereocenters. The number of aromatic nitrogens is 6. The van der Waals surface area contributed by atoms with Gasteiger partial charge in [-0.15, -0.1) is 10.2 Å². The van der Waals surface area contributed by atoms with Crippen molar-refractivity contribution in [3.05, 3.63) is 5.01 Å². The molecule has 0 aliphatic carbocycles. The third-order valence-electron chi connectivity index (χ3n) is 2.01. The Kier molecular flexibility index (Phi) is 4.63. The van der Waals surface area contributed by atoms with E-state index in [0.29, 0.717) is 6.54 Å². The number of hydrogen-bond acceptors (Lipinski definition) is 9. The lowest BCUT2D eigenvalue weighted by Gasteiger charge is -2.04. The average Bonchev–Trinajstić information content (AvgIpc) is 2.95. The summed E-state index contributed by atoms with van der Waals surface area (Å²) in [6, 6.07) is 0. The Morgan fingerprint density at radius 2 is 2.32 bits per heavy atom. The molecule has 2 aromatic heterocycles. The number of nitrogens with zero attached hydrogens (tertiary/aromatic N) is 6. The summed E-state index contributed by atoms with van der Waals surface area (Å²) in [5, 5.41) is 22.0. The van der Waals surface area contributed by atoms with Gasteiger partial charge >= 0.3 is 0 Å². The van der Waals surface area contributed by atoms with Crippen molar-refractivity contribution in [3.8, 4) is 0 Å². The smallest absolute Gasteiger partial charge is 0.241 e. The van der Waals surface area contributed by atoms with E-state index in [1.807, 2.05) is 6.92 Å². The molecule has 0 atom stereocenters. The van der Waals surface area contributed by atoms with Gasteiger partial charge in [-0.05, 0) is 17.4 Å². The monoisotopic (exact) mass is 300 g/mol. The molecule has 19 heavy (non-hydrogen) atoms. The van der Waals surface area contributed by atoms with Crippen LogP contribution in [0.4, 0.5) is 5.95 Å². The predicted molar refractivity (Wildman–Crippen MR) is 70.6 cm³/mol. The van der Waals surface area contributed by atoms with Crippen molar-refractivity contribution in [2.75, 3.05) is 18.0 Å². The molecule has 0 bridgehead atoms. The fraction of sp³-hybridized carbons (Fsp3) is 0.500. The second kappa shape index (κ2) is 6.43. The molecule has 0 fully saturated rings. The summed E-state index contributed by atoms with van der Waals surface area (Å²) in [7, 11) is 0. The second-order valence-corrected chi connectivity index (χ2v) is 6.00. The summed E-state index contributed by atoms with van der Waals surface area (Å²) < 4.78 is 2.13. The van der Waals surface area contributed by atoms with Gasteiger partial charge in [0.05, 0.1) is 0 Å². The number of rotatable bonds is 6. The minimum atomic E-state index is -0.187. The number of tetrazole rings is 1. The lowest BCUT2D eigenvalue weighted by molar-refractivity contribution is -0.121. The Hall–Kier alpha value is -1.75. The van der Waals surface area contributed by atoms with Crippen LogP contribution < -0.4 is 11.1 Å². The zero-order valence-electron chi connectivity index (χ0n) is 10.1. The predicted octanol–water partition coefficient (Wildman–Crippen LogP) is -0.676. The molecule has 0 aromatic carbocycles. The van der Waals surface area contributed by atoms with Gasteiger partial charge in [-0.1, -0.05) is 28.2 Å². The van der Waals surface area contributed by atoms with Gasteiger partial charge in [-0.2, -0.15) is 0 Å². The molecule has 0 spiro atoms. The molecule has 0 radical (unpaired) electrons. The van der Waals surface area contributed by atoms with Gasteiger partial charge in [0.25, 0.3) is 0 Å². The zero-order chi connectivity index (χ0) is 13.7. The highest BCUT2D eigenvalue weighted by Gasteiger charge is 2.07. The highest BCUT2D eigenvalue weighted by Crippen LogP contribution is 2.20. The van der Waals surface area contributed by atoms with E-state index in [-0.39, 0.29) is 18.4 Å². The lowest BCUT2D eigenvalue weighted by Crippen LogP contribution is -2.30. The van der Waals surface area contributed by atoms with Crippen molar-refractivity contribution in [2.45, 2.75) is 17.8 Å². The lowest BCUT2D eigenvalue weighted by atomic mass is 10.5. The standard InChI is InChI=1S/C8H12N8OS2/c1-5-11-13-8(19-5)18-3-2-10-6(17)4-16-7(9)12-14-15-16/h2-4H2,1H3,(H,10,17)(H2,9,12,15). The van der Waals surface area contributed by atoms with Crippen molar-refractivity contribution in [1.29, 1.82) is 0 Å². The first-order chi connectivity index (χ1) is 9.15. The van der Waals surface area contributed by atoms with Gasteiger partial charge in [-0.3, -0.25) is 4.79 Å². The third kappa shape index (κ3) is 4.13.